The summed E-state index contributed by atoms with van der Waals surface area (Å²) in [6.45, 7) is 0. The molecule has 0 unspecified atom stereocenters. The second-order valence-electron chi connectivity index (χ2n) is 2.00. The molecule has 0 saturated heterocycles. The van der Waals surface area contributed by atoms with Crippen LogP contribution in [0.5, 0.6) is 0 Å². The van der Waals surface area contributed by atoms with Crippen LogP contribution >= 0.6 is 0 Å². The van der Waals surface area contributed by atoms with Crippen molar-refractivity contribution in [3.8, 4) is 6.07 Å². The monoisotopic (exact) mass is 162 g/mol. The van der Waals surface area contributed by atoms with Crippen molar-refractivity contribution in [3.63, 3.8) is 0 Å². The number of carbonyl (C=O) groups is 1. The first-order valence-corrected chi connectivity index (χ1v) is 3.15. The first-order valence-electron chi connectivity index (χ1n) is 3.15. The van der Waals surface area contributed by atoms with Gasteiger partial charge in [-0.3, -0.25) is 0 Å². The van der Waals surface area contributed by atoms with Gasteiger partial charge in [-0.15, -0.1) is 0 Å². The SMILES string of the molecule is N#Cc1ncccc1NC(N)=O. The lowest BCUT2D eigenvalue weighted by molar-refractivity contribution is 0.259. The number of hydrogen-bond donors (Lipinski definition) is 2. The standard InChI is InChI=1S/C7H6N4O/c8-4-6-5(11-7(9)12)2-1-3-10-6/h1-3H,(H3,9,11,12). The molecule has 1 aromatic rings. The predicted octanol–water partition coefficient (Wildman–Crippen LogP) is 0.444. The second kappa shape index (κ2) is 3.34. The third-order valence-corrected chi connectivity index (χ3v) is 1.17. The van der Waals surface area contributed by atoms with Gasteiger partial charge in [-0.2, -0.15) is 5.26 Å². The molecule has 0 saturated carbocycles. The van der Waals surface area contributed by atoms with Crippen molar-refractivity contribution in [2.45, 2.75) is 0 Å². The summed E-state index contributed by atoms with van der Waals surface area (Å²) in [6, 6.07) is 4.27. The van der Waals surface area contributed by atoms with Gasteiger partial charge in [0.25, 0.3) is 0 Å². The molecule has 5 heteroatoms. The summed E-state index contributed by atoms with van der Waals surface area (Å²) < 4.78 is 0. The molecule has 0 aliphatic heterocycles. The maximum Gasteiger partial charge on any atom is 0.316 e. The molecule has 1 rings (SSSR count). The lowest BCUT2D eigenvalue weighted by Gasteiger charge is -2.00. The number of anilines is 1. The van der Waals surface area contributed by atoms with Gasteiger partial charge in [0.1, 0.15) is 6.07 Å². The lowest BCUT2D eigenvalue weighted by Crippen LogP contribution is -2.20. The number of rotatable bonds is 1. The zero-order valence-electron chi connectivity index (χ0n) is 6.11. The number of nitrogens with zero attached hydrogens (tertiary/aromatic N) is 2. The molecule has 0 bridgehead atoms. The Morgan fingerprint density at radius 1 is 1.75 bits per heavy atom. The Morgan fingerprint density at radius 3 is 3.08 bits per heavy atom. The van der Waals surface area contributed by atoms with Crippen LogP contribution in [0.3, 0.4) is 0 Å². The van der Waals surface area contributed by atoms with Gasteiger partial charge in [0, 0.05) is 6.20 Å². The van der Waals surface area contributed by atoms with Crippen LogP contribution in [-0.2, 0) is 0 Å². The quantitative estimate of drug-likeness (QED) is 0.627. The Labute approximate surface area is 68.8 Å². The highest BCUT2D eigenvalue weighted by atomic mass is 16.2. The van der Waals surface area contributed by atoms with E-state index in [0.717, 1.165) is 0 Å². The van der Waals surface area contributed by atoms with Gasteiger partial charge < -0.3 is 11.1 Å². The van der Waals surface area contributed by atoms with Crippen LogP contribution in [0, 0.1) is 11.3 Å². The van der Waals surface area contributed by atoms with E-state index in [1.165, 1.54) is 6.20 Å². The molecular weight excluding hydrogens is 156 g/mol. The smallest absolute Gasteiger partial charge is 0.316 e. The average Bonchev–Trinajstić information content (AvgIpc) is 2.04. The number of urea groups is 1. The summed E-state index contributed by atoms with van der Waals surface area (Å²) in [5.41, 5.74) is 5.34. The molecule has 0 radical (unpaired) electrons. The largest absolute Gasteiger partial charge is 0.351 e. The van der Waals surface area contributed by atoms with Crippen LogP contribution in [0.25, 0.3) is 0 Å². The summed E-state index contributed by atoms with van der Waals surface area (Å²) in [5.74, 6) is 0. The van der Waals surface area contributed by atoms with Crippen molar-refractivity contribution in [1.82, 2.24) is 4.98 Å². The van der Waals surface area contributed by atoms with Crippen LogP contribution in [0.2, 0.25) is 0 Å². The molecular formula is C7H6N4O. The van der Waals surface area contributed by atoms with Gasteiger partial charge in [0.15, 0.2) is 5.69 Å². The van der Waals surface area contributed by atoms with E-state index in [2.05, 4.69) is 10.3 Å². The maximum atomic E-state index is 10.4. The molecule has 2 amide bonds. The minimum absolute atomic E-state index is 0.149. The first-order chi connectivity index (χ1) is 5.74. The highest BCUT2D eigenvalue weighted by Gasteiger charge is 2.02. The number of primary amides is 1. The molecule has 0 atom stereocenters. The molecule has 0 aliphatic carbocycles. The normalized spacial score (nSPS) is 8.58. The number of hydrogen-bond acceptors (Lipinski definition) is 3. The molecule has 1 aromatic heterocycles. The zero-order valence-corrected chi connectivity index (χ0v) is 6.11. The summed E-state index contributed by atoms with van der Waals surface area (Å²) in [4.78, 5) is 14.1. The lowest BCUT2D eigenvalue weighted by atomic mass is 10.3. The minimum Gasteiger partial charge on any atom is -0.351 e. The summed E-state index contributed by atoms with van der Waals surface area (Å²) in [6.07, 6.45) is 1.46. The summed E-state index contributed by atoms with van der Waals surface area (Å²) in [7, 11) is 0. The molecule has 1 heterocycles. The Kier molecular flexibility index (Phi) is 2.23. The van der Waals surface area contributed by atoms with Gasteiger partial charge in [-0.05, 0) is 12.1 Å². The van der Waals surface area contributed by atoms with Gasteiger partial charge >= 0.3 is 6.03 Å². The highest BCUT2D eigenvalue weighted by Crippen LogP contribution is 2.09. The molecule has 12 heavy (non-hydrogen) atoms. The van der Waals surface area contributed by atoms with Crippen molar-refractivity contribution in [1.29, 1.82) is 5.26 Å². The number of carbonyl (C=O) groups excluding carboxylic acids is 1. The van der Waals surface area contributed by atoms with E-state index in [4.69, 9.17) is 11.0 Å². The van der Waals surface area contributed by atoms with E-state index in [9.17, 15) is 4.79 Å². The van der Waals surface area contributed by atoms with Crippen LogP contribution in [0.15, 0.2) is 18.3 Å². The molecule has 60 valence electrons. The number of amides is 2. The van der Waals surface area contributed by atoms with E-state index in [1.807, 2.05) is 6.07 Å². The number of nitriles is 1. The first kappa shape index (κ1) is 8.01. The highest BCUT2D eigenvalue weighted by molar-refractivity contribution is 5.88. The molecule has 5 nitrogen and oxygen atoms in total. The Bertz CT molecular complexity index is 342. The van der Waals surface area contributed by atoms with Crippen LogP contribution < -0.4 is 11.1 Å². The topological polar surface area (TPSA) is 91.8 Å². The van der Waals surface area contributed by atoms with Crippen LogP contribution in [-0.4, -0.2) is 11.0 Å². The van der Waals surface area contributed by atoms with Crippen LogP contribution in [0.1, 0.15) is 5.69 Å². The van der Waals surface area contributed by atoms with E-state index >= 15 is 0 Å². The fourth-order valence-electron chi connectivity index (χ4n) is 0.728. The summed E-state index contributed by atoms with van der Waals surface area (Å²) >= 11 is 0. The maximum absolute atomic E-state index is 10.4. The van der Waals surface area contributed by atoms with E-state index in [0.29, 0.717) is 5.69 Å². The van der Waals surface area contributed by atoms with E-state index in [1.54, 1.807) is 12.1 Å². The minimum atomic E-state index is -0.709. The summed E-state index contributed by atoms with van der Waals surface area (Å²) in [5, 5.41) is 10.8. The van der Waals surface area contributed by atoms with Gasteiger partial charge in [0.2, 0.25) is 0 Å². The molecule has 0 fully saturated rings. The molecule has 0 spiro atoms. The number of nitrogens with two attached hydrogens (primary N) is 1. The van der Waals surface area contributed by atoms with Crippen molar-refractivity contribution < 1.29 is 4.79 Å². The van der Waals surface area contributed by atoms with Crippen molar-refractivity contribution >= 4 is 11.7 Å². The molecule has 3 N–H and O–H groups in total. The number of aromatic nitrogens is 1. The Morgan fingerprint density at radius 2 is 2.50 bits per heavy atom. The third-order valence-electron chi connectivity index (χ3n) is 1.17. The number of pyridine rings is 1. The van der Waals surface area contributed by atoms with Gasteiger partial charge in [-0.25, -0.2) is 9.78 Å². The zero-order chi connectivity index (χ0) is 8.97. The molecule has 0 aromatic carbocycles. The fourth-order valence-corrected chi connectivity index (χ4v) is 0.728. The second-order valence-corrected chi connectivity index (χ2v) is 2.00. The van der Waals surface area contributed by atoms with Crippen molar-refractivity contribution in [2.24, 2.45) is 5.73 Å². The third kappa shape index (κ3) is 1.70. The van der Waals surface area contributed by atoms with Crippen molar-refractivity contribution in [3.05, 3.63) is 24.0 Å². The van der Waals surface area contributed by atoms with E-state index in [-0.39, 0.29) is 5.69 Å². The number of nitrogens with one attached hydrogen (secondary N) is 1. The van der Waals surface area contributed by atoms with Crippen molar-refractivity contribution in [2.75, 3.05) is 5.32 Å². The average molecular weight is 162 g/mol. The fraction of sp³-hybridized carbons (Fsp3) is 0. The Hall–Kier alpha value is -2.09. The van der Waals surface area contributed by atoms with E-state index < -0.39 is 6.03 Å². The van der Waals surface area contributed by atoms with Gasteiger partial charge in [-0.1, -0.05) is 0 Å². The van der Waals surface area contributed by atoms with Gasteiger partial charge in [0.05, 0.1) is 5.69 Å². The predicted molar refractivity (Wildman–Crippen MR) is 42.2 cm³/mol. The van der Waals surface area contributed by atoms with Crippen LogP contribution in [0.4, 0.5) is 10.5 Å². The Balaban J connectivity index is 2.99. The molecule has 0 aliphatic rings.